The van der Waals surface area contributed by atoms with Crippen LogP contribution < -0.4 is 5.23 Å². The van der Waals surface area contributed by atoms with Gasteiger partial charge in [0.25, 0.3) is 0 Å². The lowest BCUT2D eigenvalue weighted by atomic mass is 9.86. The van der Waals surface area contributed by atoms with Gasteiger partial charge in [0.1, 0.15) is 12.6 Å². The third kappa shape index (κ3) is 3.57. The Kier molecular flexibility index (Phi) is 5.10. The maximum absolute atomic E-state index is 13.7. The van der Waals surface area contributed by atoms with Crippen molar-refractivity contribution in [1.82, 2.24) is 19.8 Å². The number of H-pyrrole nitrogens is 1. The fourth-order valence-corrected chi connectivity index (χ4v) is 5.35. The molecule has 0 aliphatic carbocycles. The number of carbonyl (C=O) groups excluding carboxylic acids is 2. The topological polar surface area (TPSA) is 117 Å². The van der Waals surface area contributed by atoms with E-state index >= 15 is 0 Å². The summed E-state index contributed by atoms with van der Waals surface area (Å²) in [5.41, 5.74) is 4.44. The van der Waals surface area contributed by atoms with Crippen molar-refractivity contribution >= 4 is 28.4 Å². The van der Waals surface area contributed by atoms with Gasteiger partial charge in [0.15, 0.2) is 5.69 Å². The molecule has 6 rings (SSSR count). The quantitative estimate of drug-likeness (QED) is 0.395. The molecule has 0 radical (unpaired) electrons. The van der Waals surface area contributed by atoms with Crippen LogP contribution in [0, 0.1) is 5.21 Å². The lowest BCUT2D eigenvalue weighted by molar-refractivity contribution is -0.991. The van der Waals surface area contributed by atoms with E-state index in [1.807, 2.05) is 42.5 Å². The number of fused-ring (bicyclic) bond motifs is 4. The Morgan fingerprint density at radius 3 is 2.69 bits per heavy atom. The monoisotopic (exact) mass is 469 g/mol. The number of nitrogens with one attached hydrogen (secondary N) is 2. The number of hydrogen-bond acceptors (Lipinski definition) is 5. The number of piperazine rings is 1. The molecule has 4 aromatic rings. The number of para-hydroxylation sites is 1. The molecule has 2 aliphatic rings. The number of nitrogens with zero attached hydrogens (tertiary/aromatic N) is 3. The molecule has 3 atom stereocenters. The highest BCUT2D eigenvalue weighted by atomic mass is 16.8. The van der Waals surface area contributed by atoms with Gasteiger partial charge in [-0.3, -0.25) is 14.6 Å². The number of aromatic amines is 1. The van der Waals surface area contributed by atoms with Crippen LogP contribution in [0.3, 0.4) is 0 Å². The molecule has 2 aliphatic heterocycles. The predicted octanol–water partition coefficient (Wildman–Crippen LogP) is 1.85. The standard InChI is InChI=1S/C26H23N5O4/c32-23-15-29(14-16-8-10-27-11-9-16)26(33)22-13-20-19-6-1-2-7-21(19)28-24(20)25(30(22)23)17-4-3-5-18(12-17)31(34)35/h1-12,22,25,28,31,34H,13-15H2/t22-,25?/m0/s1. The lowest BCUT2D eigenvalue weighted by Gasteiger charge is -2.47. The molecule has 0 spiro atoms. The highest BCUT2D eigenvalue weighted by Gasteiger charge is 2.48. The van der Waals surface area contributed by atoms with Crippen molar-refractivity contribution in [3.8, 4) is 0 Å². The summed E-state index contributed by atoms with van der Waals surface area (Å²) in [6.07, 6.45) is 3.73. The Hall–Kier alpha value is -4.05. The van der Waals surface area contributed by atoms with E-state index in [9.17, 15) is 20.0 Å². The zero-order valence-corrected chi connectivity index (χ0v) is 18.7. The van der Waals surface area contributed by atoms with Gasteiger partial charge in [0, 0.05) is 54.1 Å². The van der Waals surface area contributed by atoms with Crippen molar-refractivity contribution in [2.24, 2.45) is 0 Å². The Morgan fingerprint density at radius 1 is 1.09 bits per heavy atom. The van der Waals surface area contributed by atoms with Gasteiger partial charge in [-0.25, -0.2) is 5.21 Å². The maximum Gasteiger partial charge on any atom is 0.246 e. The average Bonchev–Trinajstić information content (AvgIpc) is 3.25. The van der Waals surface area contributed by atoms with Crippen LogP contribution in [0.2, 0.25) is 0 Å². The number of amides is 2. The molecule has 9 heteroatoms. The number of carbonyl (C=O) groups is 2. The van der Waals surface area contributed by atoms with E-state index in [-0.39, 0.29) is 24.0 Å². The van der Waals surface area contributed by atoms with Gasteiger partial charge in [0.2, 0.25) is 11.8 Å². The molecule has 35 heavy (non-hydrogen) atoms. The molecule has 2 aromatic heterocycles. The van der Waals surface area contributed by atoms with Gasteiger partial charge in [-0.2, -0.15) is 5.23 Å². The van der Waals surface area contributed by atoms with Crippen LogP contribution in [0.15, 0.2) is 73.1 Å². The van der Waals surface area contributed by atoms with Crippen LogP contribution >= 0.6 is 0 Å². The molecule has 176 valence electrons. The number of pyridine rings is 1. The summed E-state index contributed by atoms with van der Waals surface area (Å²) in [6, 6.07) is 16.9. The number of benzene rings is 2. The maximum atomic E-state index is 13.7. The van der Waals surface area contributed by atoms with Crippen LogP contribution in [0.25, 0.3) is 10.9 Å². The van der Waals surface area contributed by atoms with E-state index in [4.69, 9.17) is 0 Å². The van der Waals surface area contributed by atoms with Crippen molar-refractivity contribution in [2.75, 3.05) is 6.54 Å². The normalized spacial score (nSPS) is 20.6. The van der Waals surface area contributed by atoms with E-state index in [1.54, 1.807) is 34.3 Å². The fourth-order valence-electron chi connectivity index (χ4n) is 5.35. The van der Waals surface area contributed by atoms with Crippen molar-refractivity contribution in [1.29, 1.82) is 0 Å². The first kappa shape index (κ1) is 21.5. The second kappa shape index (κ2) is 8.31. The minimum Gasteiger partial charge on any atom is -0.595 e. The summed E-state index contributed by atoms with van der Waals surface area (Å²) >= 11 is 0. The molecule has 2 unspecified atom stereocenters. The van der Waals surface area contributed by atoms with E-state index in [0.29, 0.717) is 18.5 Å². The smallest absolute Gasteiger partial charge is 0.246 e. The predicted molar refractivity (Wildman–Crippen MR) is 126 cm³/mol. The van der Waals surface area contributed by atoms with Gasteiger partial charge >= 0.3 is 0 Å². The van der Waals surface area contributed by atoms with Gasteiger partial charge in [-0.1, -0.05) is 30.3 Å². The van der Waals surface area contributed by atoms with Crippen LogP contribution in [0.4, 0.5) is 5.69 Å². The zero-order chi connectivity index (χ0) is 24.1. The van der Waals surface area contributed by atoms with Crippen LogP contribution in [0.5, 0.6) is 0 Å². The third-order valence-electron chi connectivity index (χ3n) is 6.91. The van der Waals surface area contributed by atoms with Gasteiger partial charge in [-0.15, -0.1) is 0 Å². The van der Waals surface area contributed by atoms with Gasteiger partial charge in [0.05, 0.1) is 6.04 Å². The van der Waals surface area contributed by atoms with Crippen LogP contribution in [-0.4, -0.2) is 49.4 Å². The first-order valence-corrected chi connectivity index (χ1v) is 11.4. The Balaban J connectivity index is 1.47. The Bertz CT molecular complexity index is 1430. The number of aromatic nitrogens is 2. The van der Waals surface area contributed by atoms with Crippen molar-refractivity contribution in [2.45, 2.75) is 25.0 Å². The third-order valence-corrected chi connectivity index (χ3v) is 6.91. The largest absolute Gasteiger partial charge is 0.595 e. The molecule has 4 heterocycles. The van der Waals surface area contributed by atoms with E-state index < -0.39 is 17.3 Å². The number of rotatable bonds is 4. The van der Waals surface area contributed by atoms with E-state index in [0.717, 1.165) is 27.7 Å². The van der Waals surface area contributed by atoms with E-state index in [1.165, 1.54) is 6.07 Å². The van der Waals surface area contributed by atoms with E-state index in [2.05, 4.69) is 9.97 Å². The SMILES string of the molecule is O=C1[C@@H]2Cc3c([nH]c4ccccc34)C(c3cccc([NH+]([O-])O)c3)N2C(=O)CN1Cc1ccncc1. The highest BCUT2D eigenvalue weighted by Crippen LogP contribution is 2.42. The Labute approximate surface area is 200 Å². The molecule has 2 aromatic carbocycles. The van der Waals surface area contributed by atoms with Gasteiger partial charge in [-0.05, 0) is 34.9 Å². The highest BCUT2D eigenvalue weighted by molar-refractivity contribution is 5.97. The van der Waals surface area contributed by atoms with Crippen molar-refractivity contribution in [3.05, 3.63) is 101 Å². The first-order valence-electron chi connectivity index (χ1n) is 11.4. The Morgan fingerprint density at radius 2 is 1.89 bits per heavy atom. The van der Waals surface area contributed by atoms with Crippen LogP contribution in [-0.2, 0) is 22.6 Å². The molecule has 3 N–H and O–H groups in total. The molecular weight excluding hydrogens is 446 g/mol. The summed E-state index contributed by atoms with van der Waals surface area (Å²) in [7, 11) is 0. The fraction of sp³-hybridized carbons (Fsp3) is 0.192. The van der Waals surface area contributed by atoms with Crippen molar-refractivity contribution < 1.29 is 20.0 Å². The molecule has 1 fully saturated rings. The molecule has 1 saturated heterocycles. The molecule has 9 nitrogen and oxygen atoms in total. The molecule has 0 bridgehead atoms. The van der Waals surface area contributed by atoms with Gasteiger partial charge < -0.3 is 20.0 Å². The minimum atomic E-state index is -1.04. The molecular formula is C26H23N5O4. The number of hydrogen-bond donors (Lipinski definition) is 3. The zero-order valence-electron chi connectivity index (χ0n) is 18.7. The second-order valence-corrected chi connectivity index (χ2v) is 8.97. The number of quaternary nitrogens is 1. The summed E-state index contributed by atoms with van der Waals surface area (Å²) in [4.78, 5) is 38.1. The summed E-state index contributed by atoms with van der Waals surface area (Å²) in [5.74, 6) is -0.282. The summed E-state index contributed by atoms with van der Waals surface area (Å²) in [6.45, 7) is 0.291. The summed E-state index contributed by atoms with van der Waals surface area (Å²) < 4.78 is 0. The molecule has 2 amide bonds. The first-order chi connectivity index (χ1) is 17.0. The average molecular weight is 470 g/mol. The summed E-state index contributed by atoms with van der Waals surface area (Å²) in [5, 5.41) is 21.2. The molecule has 0 saturated carbocycles. The lowest BCUT2D eigenvalue weighted by Crippen LogP contribution is -2.99. The minimum absolute atomic E-state index is 0.0393. The van der Waals surface area contributed by atoms with Crippen molar-refractivity contribution in [3.63, 3.8) is 0 Å². The van der Waals surface area contributed by atoms with Crippen LogP contribution in [0.1, 0.15) is 28.4 Å². The second-order valence-electron chi connectivity index (χ2n) is 8.97.